The van der Waals surface area contributed by atoms with Gasteiger partial charge >= 0.3 is 0 Å². The summed E-state index contributed by atoms with van der Waals surface area (Å²) in [5.41, 5.74) is 3.49. The van der Waals surface area contributed by atoms with E-state index < -0.39 is 0 Å². The summed E-state index contributed by atoms with van der Waals surface area (Å²) >= 11 is 0. The number of pyridine rings is 1. The lowest BCUT2D eigenvalue weighted by Gasteiger charge is -2.10. The Balaban J connectivity index is 2.10. The first-order chi connectivity index (χ1) is 11.5. The van der Waals surface area contributed by atoms with Crippen molar-refractivity contribution in [2.75, 3.05) is 5.32 Å². The highest BCUT2D eigenvalue weighted by Crippen LogP contribution is 2.30. The molecule has 0 unspecified atom stereocenters. The van der Waals surface area contributed by atoms with Gasteiger partial charge in [0.1, 0.15) is 11.2 Å². The summed E-state index contributed by atoms with van der Waals surface area (Å²) in [6.45, 7) is 3.34. The highest BCUT2D eigenvalue weighted by molar-refractivity contribution is 6.04. The number of nitrogens with zero attached hydrogens (tertiary/aromatic N) is 2. The van der Waals surface area contributed by atoms with Crippen molar-refractivity contribution in [2.45, 2.75) is 13.8 Å². The number of benzene rings is 2. The van der Waals surface area contributed by atoms with Crippen molar-refractivity contribution in [1.82, 2.24) is 9.97 Å². The van der Waals surface area contributed by atoms with Crippen LogP contribution >= 0.6 is 0 Å². The van der Waals surface area contributed by atoms with Crippen LogP contribution in [0.4, 0.5) is 5.69 Å². The Morgan fingerprint density at radius 3 is 2.83 bits per heavy atom. The minimum absolute atomic E-state index is 0.187. The summed E-state index contributed by atoms with van der Waals surface area (Å²) in [4.78, 5) is 32.3. The molecule has 2 heterocycles. The molecule has 1 amide bonds. The number of carbonyl (C=O) groups excluding carboxylic acids is 1. The number of carbonyl (C=O) groups is 1. The molecule has 2 aromatic rings. The highest BCUT2D eigenvalue weighted by Gasteiger charge is 2.15. The van der Waals surface area contributed by atoms with Crippen molar-refractivity contribution in [3.05, 3.63) is 52.3 Å². The smallest absolute Gasteiger partial charge is 0.221 e. The van der Waals surface area contributed by atoms with Crippen molar-refractivity contribution in [3.63, 3.8) is 0 Å². The maximum atomic E-state index is 12.1. The standard InChI is InChI=1S/C18H13N3O3/c1-9-5-6-19-11-3-4-15-18(17(9)11)21-13-7-12(20-10(2)22)14(23)8-16(13)24-15/h3-8H,1-2H3,(H,20,22). The molecule has 118 valence electrons. The van der Waals surface area contributed by atoms with Crippen molar-refractivity contribution in [1.29, 1.82) is 0 Å². The summed E-state index contributed by atoms with van der Waals surface area (Å²) in [5, 5.41) is 3.43. The molecule has 4 rings (SSSR count). The van der Waals surface area contributed by atoms with E-state index in [0.29, 0.717) is 22.6 Å². The van der Waals surface area contributed by atoms with E-state index >= 15 is 0 Å². The third-order valence-corrected chi connectivity index (χ3v) is 3.88. The van der Waals surface area contributed by atoms with Gasteiger partial charge in [-0.05, 0) is 36.8 Å². The lowest BCUT2D eigenvalue weighted by atomic mass is 10.1. The summed E-state index contributed by atoms with van der Waals surface area (Å²) in [7, 11) is 0. The Hall–Kier alpha value is -3.28. The van der Waals surface area contributed by atoms with Crippen LogP contribution in [0.15, 0.2) is 45.7 Å². The Bertz CT molecular complexity index is 1150. The van der Waals surface area contributed by atoms with E-state index in [2.05, 4.69) is 15.3 Å². The van der Waals surface area contributed by atoms with Crippen LogP contribution in [0.3, 0.4) is 0 Å². The molecule has 0 spiro atoms. The van der Waals surface area contributed by atoms with Crippen molar-refractivity contribution in [3.8, 4) is 11.5 Å². The Morgan fingerprint density at radius 1 is 1.21 bits per heavy atom. The average molecular weight is 319 g/mol. The molecule has 6 heteroatoms. The fourth-order valence-electron chi connectivity index (χ4n) is 2.81. The van der Waals surface area contributed by atoms with E-state index in [1.54, 1.807) is 12.3 Å². The van der Waals surface area contributed by atoms with Gasteiger partial charge in [-0.15, -0.1) is 0 Å². The molecule has 0 saturated heterocycles. The Labute approximate surface area is 136 Å². The van der Waals surface area contributed by atoms with Gasteiger partial charge in [-0.2, -0.15) is 0 Å². The molecule has 1 aliphatic carbocycles. The lowest BCUT2D eigenvalue weighted by molar-refractivity contribution is -0.114. The first-order valence-electron chi connectivity index (χ1n) is 7.43. The van der Waals surface area contributed by atoms with Gasteiger partial charge < -0.3 is 9.73 Å². The van der Waals surface area contributed by atoms with E-state index in [9.17, 15) is 9.59 Å². The number of amides is 1. The molecule has 0 radical (unpaired) electrons. The zero-order valence-electron chi connectivity index (χ0n) is 13.1. The van der Waals surface area contributed by atoms with Gasteiger partial charge in [0.05, 0.1) is 11.2 Å². The number of rotatable bonds is 1. The van der Waals surface area contributed by atoms with Gasteiger partial charge in [0.25, 0.3) is 0 Å². The van der Waals surface area contributed by atoms with Crippen molar-refractivity contribution < 1.29 is 9.21 Å². The zero-order chi connectivity index (χ0) is 16.8. The number of hydrogen-bond acceptors (Lipinski definition) is 5. The Kier molecular flexibility index (Phi) is 3.06. The predicted octanol–water partition coefficient (Wildman–Crippen LogP) is 3.11. The van der Waals surface area contributed by atoms with Crippen LogP contribution in [-0.2, 0) is 4.79 Å². The van der Waals surface area contributed by atoms with E-state index in [1.165, 1.54) is 19.1 Å². The molecular weight excluding hydrogens is 306 g/mol. The Morgan fingerprint density at radius 2 is 2.04 bits per heavy atom. The van der Waals surface area contributed by atoms with Crippen LogP contribution in [0.25, 0.3) is 33.5 Å². The van der Waals surface area contributed by atoms with Crippen molar-refractivity contribution in [2.24, 2.45) is 0 Å². The molecule has 1 aromatic carbocycles. The average Bonchev–Trinajstić information content (AvgIpc) is 2.53. The molecule has 2 aliphatic rings. The summed E-state index contributed by atoms with van der Waals surface area (Å²) in [6, 6.07) is 8.45. The lowest BCUT2D eigenvalue weighted by Crippen LogP contribution is -2.15. The van der Waals surface area contributed by atoms with Crippen molar-refractivity contribution >= 4 is 33.6 Å². The van der Waals surface area contributed by atoms with E-state index in [-0.39, 0.29) is 17.0 Å². The second-order valence-corrected chi connectivity index (χ2v) is 5.65. The molecule has 0 saturated carbocycles. The molecule has 0 bridgehead atoms. The van der Waals surface area contributed by atoms with E-state index in [1.807, 2.05) is 19.1 Å². The third-order valence-electron chi connectivity index (χ3n) is 3.88. The van der Waals surface area contributed by atoms with Crippen LogP contribution in [-0.4, -0.2) is 15.9 Å². The quantitative estimate of drug-likeness (QED) is 0.430. The first kappa shape index (κ1) is 14.3. The number of fused-ring (bicyclic) bond motifs is 4. The SMILES string of the molecule is CC(=O)Nc1cc2nc3c(ccc4nccc(C)c43)oc-2cc1=O. The van der Waals surface area contributed by atoms with Crippen LogP contribution in [0.1, 0.15) is 12.5 Å². The molecule has 1 aromatic heterocycles. The summed E-state index contributed by atoms with van der Waals surface area (Å²) in [6.07, 6.45) is 1.75. The van der Waals surface area contributed by atoms with Crippen LogP contribution in [0.5, 0.6) is 0 Å². The van der Waals surface area contributed by atoms with Crippen LogP contribution < -0.4 is 10.7 Å². The summed E-state index contributed by atoms with van der Waals surface area (Å²) in [5.74, 6) is 0.0668. The minimum Gasteiger partial charge on any atom is -0.453 e. The van der Waals surface area contributed by atoms with Gasteiger partial charge in [0, 0.05) is 24.6 Å². The highest BCUT2D eigenvalue weighted by atomic mass is 16.3. The van der Waals surface area contributed by atoms with Gasteiger partial charge in [0.2, 0.25) is 11.3 Å². The van der Waals surface area contributed by atoms with E-state index in [4.69, 9.17) is 4.42 Å². The topological polar surface area (TPSA) is 85.1 Å². The third kappa shape index (κ3) is 2.20. The van der Waals surface area contributed by atoms with Gasteiger partial charge in [-0.1, -0.05) is 0 Å². The number of aromatic nitrogens is 2. The molecule has 24 heavy (non-hydrogen) atoms. The maximum Gasteiger partial charge on any atom is 0.221 e. The molecule has 6 nitrogen and oxygen atoms in total. The molecular formula is C18H13N3O3. The molecule has 1 N–H and O–H groups in total. The van der Waals surface area contributed by atoms with Crippen LogP contribution in [0, 0.1) is 6.92 Å². The maximum absolute atomic E-state index is 12.1. The molecule has 0 fully saturated rings. The number of nitrogens with one attached hydrogen (secondary N) is 1. The fourth-order valence-corrected chi connectivity index (χ4v) is 2.81. The molecule has 1 aliphatic heterocycles. The van der Waals surface area contributed by atoms with Crippen LogP contribution in [0.2, 0.25) is 0 Å². The predicted molar refractivity (Wildman–Crippen MR) is 91.2 cm³/mol. The number of aryl methyl sites for hydroxylation is 1. The molecule has 0 atom stereocenters. The first-order valence-corrected chi connectivity index (χ1v) is 7.43. The second kappa shape index (κ2) is 5.13. The van der Waals surface area contributed by atoms with Gasteiger partial charge in [0.15, 0.2) is 11.3 Å². The van der Waals surface area contributed by atoms with Gasteiger partial charge in [-0.3, -0.25) is 14.6 Å². The zero-order valence-corrected chi connectivity index (χ0v) is 13.1. The van der Waals surface area contributed by atoms with E-state index in [0.717, 1.165) is 16.5 Å². The number of hydrogen-bond donors (Lipinski definition) is 1. The largest absolute Gasteiger partial charge is 0.453 e. The normalized spacial score (nSPS) is 11.2. The summed E-state index contributed by atoms with van der Waals surface area (Å²) < 4.78 is 5.85. The van der Waals surface area contributed by atoms with Gasteiger partial charge in [-0.25, -0.2) is 4.98 Å². The second-order valence-electron chi connectivity index (χ2n) is 5.65. The minimum atomic E-state index is -0.318. The monoisotopic (exact) mass is 319 g/mol. The fraction of sp³-hybridized carbons (Fsp3) is 0.111. The number of anilines is 1.